The fourth-order valence-corrected chi connectivity index (χ4v) is 1.42. The summed E-state index contributed by atoms with van der Waals surface area (Å²) in [4.78, 5) is 11.6. The zero-order valence-electron chi connectivity index (χ0n) is 9.05. The van der Waals surface area contributed by atoms with Gasteiger partial charge >= 0.3 is 0 Å². The molecule has 0 aliphatic rings. The molecule has 0 atom stereocenters. The van der Waals surface area contributed by atoms with Gasteiger partial charge in [-0.15, -0.1) is 0 Å². The fraction of sp³-hybridized carbons (Fsp3) is 0.182. The minimum absolute atomic E-state index is 0.00886. The molecule has 6 heteroatoms. The second kappa shape index (κ2) is 5.22. The Labute approximate surface area is 97.7 Å². The topological polar surface area (TPSA) is 90.9 Å². The van der Waals surface area contributed by atoms with E-state index in [9.17, 15) is 4.79 Å². The molecule has 0 unspecified atom stereocenters. The Bertz CT molecular complexity index is 496. The molecule has 1 amide bonds. The Kier molecular flexibility index (Phi) is 3.46. The van der Waals surface area contributed by atoms with E-state index in [4.69, 9.17) is 5.11 Å². The molecule has 0 radical (unpaired) electrons. The molecule has 3 N–H and O–H groups in total. The van der Waals surface area contributed by atoms with E-state index >= 15 is 0 Å². The number of aliphatic hydroxyl groups is 1. The normalized spacial score (nSPS) is 10.2. The van der Waals surface area contributed by atoms with Crippen LogP contribution in [0.3, 0.4) is 0 Å². The lowest BCUT2D eigenvalue weighted by Gasteiger charge is -2.04. The molecule has 1 aromatic carbocycles. The van der Waals surface area contributed by atoms with Gasteiger partial charge < -0.3 is 10.4 Å². The lowest BCUT2D eigenvalue weighted by Crippen LogP contribution is -2.23. The number of aromatic nitrogens is 3. The van der Waals surface area contributed by atoms with Crippen LogP contribution in [0, 0.1) is 0 Å². The van der Waals surface area contributed by atoms with Crippen LogP contribution < -0.4 is 5.32 Å². The number of nitrogens with zero attached hydrogens (tertiary/aromatic N) is 2. The summed E-state index contributed by atoms with van der Waals surface area (Å²) in [6.07, 6.45) is 1.36. The lowest BCUT2D eigenvalue weighted by molar-refractivity contribution is 0.0946. The number of carbonyl (C=O) groups excluding carboxylic acids is 1. The molecule has 2 rings (SSSR count). The number of aliphatic hydroxyl groups excluding tert-OH is 1. The summed E-state index contributed by atoms with van der Waals surface area (Å²) in [7, 11) is 0. The summed E-state index contributed by atoms with van der Waals surface area (Å²) in [5.74, 6) is -0.284. The predicted octanol–water partition coefficient (Wildman–Crippen LogP) is 0.227. The van der Waals surface area contributed by atoms with E-state index in [2.05, 4.69) is 20.7 Å². The van der Waals surface area contributed by atoms with Gasteiger partial charge in [-0.1, -0.05) is 24.3 Å². The maximum atomic E-state index is 11.6. The molecule has 0 saturated carbocycles. The lowest BCUT2D eigenvalue weighted by atomic mass is 10.1. The number of carbonyl (C=O) groups is 1. The highest BCUT2D eigenvalue weighted by Crippen LogP contribution is 2.05. The van der Waals surface area contributed by atoms with Crippen LogP contribution in [0.25, 0.3) is 0 Å². The number of amides is 1. The maximum absolute atomic E-state index is 11.6. The molecule has 1 heterocycles. The summed E-state index contributed by atoms with van der Waals surface area (Å²) in [6.45, 7) is 0.380. The van der Waals surface area contributed by atoms with Gasteiger partial charge in [0.2, 0.25) is 0 Å². The van der Waals surface area contributed by atoms with Crippen molar-refractivity contribution in [2.45, 2.75) is 13.2 Å². The number of rotatable bonds is 4. The van der Waals surface area contributed by atoms with Gasteiger partial charge in [0.25, 0.3) is 5.91 Å². The third-order valence-electron chi connectivity index (χ3n) is 2.27. The van der Waals surface area contributed by atoms with Gasteiger partial charge in [0, 0.05) is 6.54 Å². The van der Waals surface area contributed by atoms with Crippen molar-refractivity contribution in [3.05, 3.63) is 47.3 Å². The first-order chi connectivity index (χ1) is 8.29. The summed E-state index contributed by atoms with van der Waals surface area (Å²) in [5, 5.41) is 21.3. The minimum Gasteiger partial charge on any atom is -0.392 e. The summed E-state index contributed by atoms with van der Waals surface area (Å²) >= 11 is 0. The van der Waals surface area contributed by atoms with Gasteiger partial charge in [-0.05, 0) is 11.1 Å². The van der Waals surface area contributed by atoms with Crippen LogP contribution in [0.15, 0.2) is 30.5 Å². The molecule has 6 nitrogen and oxygen atoms in total. The minimum atomic E-state index is -0.284. The van der Waals surface area contributed by atoms with Crippen LogP contribution >= 0.6 is 0 Å². The third kappa shape index (κ3) is 2.88. The quantitative estimate of drug-likeness (QED) is 0.703. The maximum Gasteiger partial charge on any atom is 0.273 e. The average molecular weight is 232 g/mol. The van der Waals surface area contributed by atoms with Gasteiger partial charge in [0.05, 0.1) is 12.8 Å². The molecule has 1 aromatic heterocycles. The first-order valence-electron chi connectivity index (χ1n) is 5.12. The monoisotopic (exact) mass is 232 g/mol. The van der Waals surface area contributed by atoms with Crippen molar-refractivity contribution in [2.24, 2.45) is 0 Å². The molecule has 0 saturated heterocycles. The number of benzene rings is 1. The Morgan fingerprint density at radius 1 is 1.41 bits per heavy atom. The summed E-state index contributed by atoms with van der Waals surface area (Å²) in [6, 6.07) is 7.37. The molecule has 0 spiro atoms. The van der Waals surface area contributed by atoms with Crippen molar-refractivity contribution in [2.75, 3.05) is 0 Å². The molecule has 0 aliphatic carbocycles. The average Bonchev–Trinajstić information content (AvgIpc) is 2.90. The van der Waals surface area contributed by atoms with Crippen molar-refractivity contribution in [1.82, 2.24) is 20.7 Å². The van der Waals surface area contributed by atoms with Crippen molar-refractivity contribution < 1.29 is 9.90 Å². The van der Waals surface area contributed by atoms with Gasteiger partial charge in [-0.25, -0.2) is 0 Å². The van der Waals surface area contributed by atoms with Gasteiger partial charge in [0.1, 0.15) is 0 Å². The van der Waals surface area contributed by atoms with E-state index in [1.54, 1.807) is 0 Å². The van der Waals surface area contributed by atoms with Crippen LogP contribution in [-0.2, 0) is 13.2 Å². The van der Waals surface area contributed by atoms with Crippen molar-refractivity contribution in [3.63, 3.8) is 0 Å². The zero-order chi connectivity index (χ0) is 12.1. The zero-order valence-corrected chi connectivity index (χ0v) is 9.05. The van der Waals surface area contributed by atoms with E-state index in [0.29, 0.717) is 6.54 Å². The Balaban J connectivity index is 1.95. The Morgan fingerprint density at radius 3 is 2.94 bits per heavy atom. The van der Waals surface area contributed by atoms with E-state index in [1.807, 2.05) is 24.3 Å². The van der Waals surface area contributed by atoms with Gasteiger partial charge in [-0.2, -0.15) is 15.4 Å². The second-order valence-electron chi connectivity index (χ2n) is 3.52. The largest absolute Gasteiger partial charge is 0.392 e. The Morgan fingerprint density at radius 2 is 2.24 bits per heavy atom. The van der Waals surface area contributed by atoms with Gasteiger partial charge in [-0.3, -0.25) is 4.79 Å². The molecule has 0 aliphatic heterocycles. The number of aromatic amines is 1. The van der Waals surface area contributed by atoms with Crippen LogP contribution in [0.5, 0.6) is 0 Å². The van der Waals surface area contributed by atoms with Crippen molar-refractivity contribution in [3.8, 4) is 0 Å². The number of hydrogen-bond donors (Lipinski definition) is 3. The SMILES string of the molecule is O=C(NCc1cccc(CO)c1)c1cn[nH]n1. The number of hydrogen-bond acceptors (Lipinski definition) is 4. The van der Waals surface area contributed by atoms with Crippen molar-refractivity contribution >= 4 is 5.91 Å². The molecule has 2 aromatic rings. The highest BCUT2D eigenvalue weighted by Gasteiger charge is 2.07. The van der Waals surface area contributed by atoms with Gasteiger partial charge in [0.15, 0.2) is 5.69 Å². The predicted molar refractivity (Wildman–Crippen MR) is 59.9 cm³/mol. The second-order valence-corrected chi connectivity index (χ2v) is 3.52. The number of nitrogens with one attached hydrogen (secondary N) is 2. The third-order valence-corrected chi connectivity index (χ3v) is 2.27. The Hall–Kier alpha value is -2.21. The summed E-state index contributed by atoms with van der Waals surface area (Å²) < 4.78 is 0. The fourth-order valence-electron chi connectivity index (χ4n) is 1.42. The van der Waals surface area contributed by atoms with Crippen molar-refractivity contribution in [1.29, 1.82) is 0 Å². The van der Waals surface area contributed by atoms with Crippen LogP contribution in [-0.4, -0.2) is 26.4 Å². The first-order valence-corrected chi connectivity index (χ1v) is 5.12. The molecule has 88 valence electrons. The highest BCUT2D eigenvalue weighted by atomic mass is 16.3. The number of H-pyrrole nitrogens is 1. The molecule has 0 fully saturated rings. The first kappa shape index (κ1) is 11.3. The molecular weight excluding hydrogens is 220 g/mol. The van der Waals surface area contributed by atoms with Crippen LogP contribution in [0.1, 0.15) is 21.6 Å². The van der Waals surface area contributed by atoms with E-state index in [1.165, 1.54) is 6.20 Å². The van der Waals surface area contributed by atoms with Crippen LogP contribution in [0.2, 0.25) is 0 Å². The molecule has 0 bridgehead atoms. The van der Waals surface area contributed by atoms with E-state index in [0.717, 1.165) is 11.1 Å². The molecular formula is C11H12N4O2. The summed E-state index contributed by atoms with van der Waals surface area (Å²) in [5.41, 5.74) is 2.00. The molecule has 17 heavy (non-hydrogen) atoms. The smallest absolute Gasteiger partial charge is 0.273 e. The van der Waals surface area contributed by atoms with E-state index in [-0.39, 0.29) is 18.2 Å². The highest BCUT2D eigenvalue weighted by molar-refractivity contribution is 5.91. The van der Waals surface area contributed by atoms with E-state index < -0.39 is 0 Å². The standard InChI is InChI=1S/C11H12N4O2/c16-7-9-3-1-2-8(4-9)5-12-11(17)10-6-13-15-14-10/h1-4,6,16H,5,7H2,(H,12,17)(H,13,14,15). The van der Waals surface area contributed by atoms with Crippen LogP contribution in [0.4, 0.5) is 0 Å².